The molecule has 0 rings (SSSR count). The van der Waals surface area contributed by atoms with Crippen LogP contribution in [0.3, 0.4) is 0 Å². The van der Waals surface area contributed by atoms with E-state index in [1.54, 1.807) is 0 Å². The first-order valence-electron chi connectivity index (χ1n) is 10.5. The Hall–Kier alpha value is -0.160. The van der Waals surface area contributed by atoms with Crippen LogP contribution in [0.4, 0.5) is 0 Å². The van der Waals surface area contributed by atoms with E-state index in [2.05, 4.69) is 27.7 Å². The van der Waals surface area contributed by atoms with Crippen LogP contribution in [0.25, 0.3) is 0 Å². The minimum Gasteiger partial charge on any atom is -0.396 e. The van der Waals surface area contributed by atoms with Crippen molar-refractivity contribution in [3.05, 3.63) is 0 Å². The molecule has 0 amide bonds. The summed E-state index contributed by atoms with van der Waals surface area (Å²) in [5.41, 5.74) is 0. The number of aliphatic hydroxyl groups is 4. The van der Waals surface area contributed by atoms with Crippen molar-refractivity contribution in [1.29, 1.82) is 0 Å². The predicted molar refractivity (Wildman–Crippen MR) is 107 cm³/mol. The van der Waals surface area contributed by atoms with Gasteiger partial charge in [0.2, 0.25) is 0 Å². The van der Waals surface area contributed by atoms with Gasteiger partial charge in [0.05, 0.1) is 19.3 Å². The van der Waals surface area contributed by atoms with Crippen LogP contribution in [-0.2, 0) is 0 Å². The molecule has 0 aromatic heterocycles. The van der Waals surface area contributed by atoms with Gasteiger partial charge in [-0.1, -0.05) is 59.8 Å². The topological polar surface area (TPSA) is 80.9 Å². The fourth-order valence-corrected chi connectivity index (χ4v) is 3.66. The Morgan fingerprint density at radius 2 is 1.24 bits per heavy atom. The van der Waals surface area contributed by atoms with Crippen molar-refractivity contribution in [2.24, 2.45) is 17.8 Å². The van der Waals surface area contributed by atoms with Crippen LogP contribution in [0.1, 0.15) is 91.9 Å². The van der Waals surface area contributed by atoms with Gasteiger partial charge in [-0.2, -0.15) is 0 Å². The smallest absolute Gasteiger partial charge is 0.0662 e. The van der Waals surface area contributed by atoms with Gasteiger partial charge in [0.15, 0.2) is 0 Å². The van der Waals surface area contributed by atoms with E-state index in [1.807, 2.05) is 0 Å². The summed E-state index contributed by atoms with van der Waals surface area (Å²) < 4.78 is 0. The molecule has 25 heavy (non-hydrogen) atoms. The number of hydrogen-bond acceptors (Lipinski definition) is 4. The van der Waals surface area contributed by atoms with E-state index < -0.39 is 0 Å². The van der Waals surface area contributed by atoms with Crippen molar-refractivity contribution in [3.8, 4) is 0 Å². The Morgan fingerprint density at radius 3 is 1.64 bits per heavy atom. The van der Waals surface area contributed by atoms with Gasteiger partial charge in [-0.25, -0.2) is 0 Å². The first kappa shape index (κ1) is 27.1. The minimum absolute atomic E-state index is 0.125. The van der Waals surface area contributed by atoms with Gasteiger partial charge < -0.3 is 20.4 Å². The van der Waals surface area contributed by atoms with Crippen molar-refractivity contribution in [1.82, 2.24) is 0 Å². The van der Waals surface area contributed by atoms with E-state index in [0.717, 1.165) is 44.4 Å². The van der Waals surface area contributed by atoms with Crippen LogP contribution in [-0.4, -0.2) is 46.4 Å². The lowest BCUT2D eigenvalue weighted by atomic mass is 9.80. The molecule has 0 aromatic carbocycles. The molecule has 0 bridgehead atoms. The van der Waals surface area contributed by atoms with Crippen LogP contribution in [0.5, 0.6) is 0 Å². The van der Waals surface area contributed by atoms with Crippen molar-refractivity contribution < 1.29 is 20.4 Å². The van der Waals surface area contributed by atoms with Gasteiger partial charge >= 0.3 is 0 Å². The lowest BCUT2D eigenvalue weighted by Gasteiger charge is -2.27. The third kappa shape index (κ3) is 15.8. The second-order valence-electron chi connectivity index (χ2n) is 7.18. The molecule has 0 aliphatic carbocycles. The highest BCUT2D eigenvalue weighted by molar-refractivity contribution is 4.73. The van der Waals surface area contributed by atoms with Crippen LogP contribution in [0.15, 0.2) is 0 Å². The first-order valence-corrected chi connectivity index (χ1v) is 10.5. The molecular formula is C21H46O4. The second-order valence-corrected chi connectivity index (χ2v) is 7.18. The summed E-state index contributed by atoms with van der Waals surface area (Å²) in [6, 6.07) is 0. The van der Waals surface area contributed by atoms with Gasteiger partial charge in [-0.05, 0) is 49.9 Å². The molecule has 4 nitrogen and oxygen atoms in total. The summed E-state index contributed by atoms with van der Waals surface area (Å²) >= 11 is 0. The highest BCUT2D eigenvalue weighted by Gasteiger charge is 2.21. The second kappa shape index (κ2) is 20.2. The van der Waals surface area contributed by atoms with Crippen LogP contribution in [0, 0.1) is 17.8 Å². The number of rotatable bonds is 15. The SMILES string of the molecule is CCCC(CC)C(CC)CC(O)CCC(CC)CCCO.OCCO. The summed E-state index contributed by atoms with van der Waals surface area (Å²) in [5, 5.41) is 34.6. The maximum absolute atomic E-state index is 10.4. The maximum atomic E-state index is 10.4. The Morgan fingerprint density at radius 1 is 0.640 bits per heavy atom. The average Bonchev–Trinajstić information content (AvgIpc) is 2.64. The van der Waals surface area contributed by atoms with E-state index in [9.17, 15) is 5.11 Å². The van der Waals surface area contributed by atoms with Crippen LogP contribution in [0.2, 0.25) is 0 Å². The standard InChI is InChI=1S/C19H40O2.C2H6O2/c1-5-10-17(7-3)18(8-4)15-19(21)13-12-16(6-2)11-9-14-20;3-1-2-4/h16-21H,5-15H2,1-4H3;3-4H,1-2H2. The summed E-state index contributed by atoms with van der Waals surface area (Å²) in [4.78, 5) is 0. The molecule has 0 saturated heterocycles. The van der Waals surface area contributed by atoms with Gasteiger partial charge in [-0.15, -0.1) is 0 Å². The molecule has 0 aromatic rings. The monoisotopic (exact) mass is 362 g/mol. The first-order chi connectivity index (χ1) is 12.0. The molecule has 4 heteroatoms. The van der Waals surface area contributed by atoms with E-state index in [1.165, 1.54) is 25.7 Å². The number of aliphatic hydroxyl groups excluding tert-OH is 4. The molecule has 4 unspecified atom stereocenters. The molecular weight excluding hydrogens is 316 g/mol. The third-order valence-electron chi connectivity index (χ3n) is 5.31. The average molecular weight is 363 g/mol. The highest BCUT2D eigenvalue weighted by atomic mass is 16.3. The number of hydrogen-bond donors (Lipinski definition) is 4. The Kier molecular flexibility index (Phi) is 21.8. The molecule has 4 atom stereocenters. The quantitative estimate of drug-likeness (QED) is 0.353. The normalized spacial score (nSPS) is 15.8. The Labute approximate surface area is 156 Å². The largest absolute Gasteiger partial charge is 0.396 e. The Balaban J connectivity index is 0. The van der Waals surface area contributed by atoms with Gasteiger partial charge in [0, 0.05) is 6.61 Å². The lowest BCUT2D eigenvalue weighted by Crippen LogP contribution is -2.21. The fraction of sp³-hybridized carbons (Fsp3) is 1.00. The van der Waals surface area contributed by atoms with Gasteiger partial charge in [-0.3, -0.25) is 0 Å². The lowest BCUT2D eigenvalue weighted by molar-refractivity contribution is 0.102. The van der Waals surface area contributed by atoms with Crippen molar-refractivity contribution in [2.45, 2.75) is 98.0 Å². The molecule has 0 aliphatic heterocycles. The predicted octanol–water partition coefficient (Wildman–Crippen LogP) is 4.14. The zero-order valence-electron chi connectivity index (χ0n) is 17.3. The summed E-state index contributed by atoms with van der Waals surface area (Å²) in [6.45, 7) is 9.09. The van der Waals surface area contributed by atoms with Crippen LogP contribution >= 0.6 is 0 Å². The highest BCUT2D eigenvalue weighted by Crippen LogP contribution is 2.30. The molecule has 0 radical (unpaired) electrons. The molecule has 0 heterocycles. The van der Waals surface area contributed by atoms with E-state index in [0.29, 0.717) is 18.4 Å². The Bertz CT molecular complexity index is 246. The molecule has 0 spiro atoms. The fourth-order valence-electron chi connectivity index (χ4n) is 3.66. The summed E-state index contributed by atoms with van der Waals surface area (Å²) in [7, 11) is 0. The van der Waals surface area contributed by atoms with Gasteiger partial charge in [0.1, 0.15) is 0 Å². The molecule has 154 valence electrons. The summed E-state index contributed by atoms with van der Waals surface area (Å²) in [6.07, 6.45) is 11.0. The van der Waals surface area contributed by atoms with E-state index in [4.69, 9.17) is 15.3 Å². The molecule has 0 fully saturated rings. The van der Waals surface area contributed by atoms with Crippen molar-refractivity contribution in [3.63, 3.8) is 0 Å². The van der Waals surface area contributed by atoms with E-state index >= 15 is 0 Å². The van der Waals surface area contributed by atoms with Crippen molar-refractivity contribution in [2.75, 3.05) is 19.8 Å². The molecule has 0 saturated carbocycles. The third-order valence-corrected chi connectivity index (χ3v) is 5.31. The van der Waals surface area contributed by atoms with Crippen LogP contribution < -0.4 is 0 Å². The van der Waals surface area contributed by atoms with Gasteiger partial charge in [0.25, 0.3) is 0 Å². The van der Waals surface area contributed by atoms with Crippen molar-refractivity contribution >= 4 is 0 Å². The zero-order chi connectivity index (χ0) is 19.5. The van der Waals surface area contributed by atoms with E-state index in [-0.39, 0.29) is 19.3 Å². The molecule has 0 aliphatic rings. The zero-order valence-corrected chi connectivity index (χ0v) is 17.3. The summed E-state index contributed by atoms with van der Waals surface area (Å²) in [5.74, 6) is 2.14. The minimum atomic E-state index is -0.135. The maximum Gasteiger partial charge on any atom is 0.0662 e. The molecule has 4 N–H and O–H groups in total.